The predicted molar refractivity (Wildman–Crippen MR) is 96.2 cm³/mol. The molecule has 2 fully saturated rings. The molecule has 0 aromatic heterocycles. The molecule has 0 heterocycles. The number of rotatable bonds is 6. The highest BCUT2D eigenvalue weighted by Gasteiger charge is 2.29. The fourth-order valence-corrected chi connectivity index (χ4v) is 4.53. The number of nitrogens with zero attached hydrogens (tertiary/aromatic N) is 1. The van der Waals surface area contributed by atoms with Crippen molar-refractivity contribution in [2.45, 2.75) is 82.5 Å². The molecule has 128 valence electrons. The van der Waals surface area contributed by atoms with Crippen LogP contribution in [0.5, 0.6) is 0 Å². The number of hydrogen-bond donors (Lipinski definition) is 0. The molecule has 2 atom stereocenters. The molecule has 0 aromatic rings. The van der Waals surface area contributed by atoms with Crippen LogP contribution in [0.4, 0.5) is 0 Å². The maximum absolute atomic E-state index is 12.3. The number of alkyl halides is 1. The number of halogens is 1. The number of methoxy groups -OCH3 is 1. The van der Waals surface area contributed by atoms with Gasteiger partial charge in [0.25, 0.3) is 0 Å². The first-order valence-electron chi connectivity index (χ1n) is 8.77. The molecular formula is C17H30INO3. The molecule has 2 aliphatic rings. The molecule has 22 heavy (non-hydrogen) atoms. The normalized spacial score (nSPS) is 27.6. The summed E-state index contributed by atoms with van der Waals surface area (Å²) in [4.78, 5) is 14.7. The van der Waals surface area contributed by atoms with Gasteiger partial charge in [0.15, 0.2) is 0 Å². The van der Waals surface area contributed by atoms with E-state index >= 15 is 0 Å². The Balaban J connectivity index is 1.82. The van der Waals surface area contributed by atoms with Crippen molar-refractivity contribution in [2.75, 3.05) is 18.2 Å². The maximum atomic E-state index is 12.3. The third kappa shape index (κ3) is 5.64. The summed E-state index contributed by atoms with van der Waals surface area (Å²) in [6.07, 6.45) is 12.0. The van der Waals surface area contributed by atoms with Gasteiger partial charge in [-0.25, -0.2) is 0 Å². The Hall–Kier alpha value is 0.120. The van der Waals surface area contributed by atoms with Crippen molar-refractivity contribution in [1.82, 2.24) is 4.90 Å². The molecule has 4 nitrogen and oxygen atoms in total. The molecule has 0 aromatic carbocycles. The Morgan fingerprint density at radius 2 is 1.59 bits per heavy atom. The predicted octanol–water partition coefficient (Wildman–Crippen LogP) is 3.90. The molecule has 0 amide bonds. The van der Waals surface area contributed by atoms with Gasteiger partial charge in [0.05, 0.1) is 17.2 Å². The Morgan fingerprint density at radius 1 is 1.00 bits per heavy atom. The summed E-state index contributed by atoms with van der Waals surface area (Å²) in [6, 6.07) is 0.552. The largest absolute Gasteiger partial charge is 0.459 e. The van der Waals surface area contributed by atoms with Gasteiger partial charge < -0.3 is 9.47 Å². The maximum Gasteiger partial charge on any atom is 0.320 e. The molecule has 0 spiro atoms. The molecule has 2 saturated carbocycles. The fourth-order valence-electron chi connectivity index (χ4n) is 3.73. The first-order valence-corrected chi connectivity index (χ1v) is 10.3. The van der Waals surface area contributed by atoms with Crippen LogP contribution in [0.2, 0.25) is 0 Å². The van der Waals surface area contributed by atoms with Crippen molar-refractivity contribution in [1.29, 1.82) is 0 Å². The zero-order valence-corrected chi connectivity index (χ0v) is 15.9. The van der Waals surface area contributed by atoms with Gasteiger partial charge in [0.2, 0.25) is 0 Å². The van der Waals surface area contributed by atoms with E-state index in [1.54, 1.807) is 7.11 Å². The Labute approximate surface area is 148 Å². The molecule has 0 N–H and O–H groups in total. The zero-order chi connectivity index (χ0) is 15.8. The smallest absolute Gasteiger partial charge is 0.320 e. The Kier molecular flexibility index (Phi) is 8.46. The summed E-state index contributed by atoms with van der Waals surface area (Å²) in [5.74, 6) is -0.0742. The molecule has 0 bridgehead atoms. The van der Waals surface area contributed by atoms with Gasteiger partial charge in [-0.3, -0.25) is 9.69 Å². The van der Waals surface area contributed by atoms with E-state index in [0.29, 0.717) is 12.6 Å². The van der Waals surface area contributed by atoms with E-state index in [1.807, 2.05) is 0 Å². The van der Waals surface area contributed by atoms with Crippen molar-refractivity contribution < 1.29 is 14.3 Å². The van der Waals surface area contributed by atoms with Crippen LogP contribution < -0.4 is 0 Å². The van der Waals surface area contributed by atoms with Crippen molar-refractivity contribution in [3.05, 3.63) is 0 Å². The lowest BCUT2D eigenvalue weighted by molar-refractivity contribution is -0.160. The van der Waals surface area contributed by atoms with Gasteiger partial charge in [0, 0.05) is 13.2 Å². The van der Waals surface area contributed by atoms with E-state index in [-0.39, 0.29) is 18.2 Å². The van der Waals surface area contributed by atoms with Gasteiger partial charge in [-0.1, -0.05) is 54.7 Å². The standard InChI is InChI=1S/C17H30INO3/c1-21-15-10-6-7-11-16(15)22-17(20)12-19(13-18)14-8-4-2-3-5-9-14/h14-16H,2-13H2,1H3/t15-,16-/m0/s1. The fraction of sp³-hybridized carbons (Fsp3) is 0.941. The van der Waals surface area contributed by atoms with Crippen LogP contribution in [-0.2, 0) is 14.3 Å². The van der Waals surface area contributed by atoms with Gasteiger partial charge in [0.1, 0.15) is 6.10 Å². The lowest BCUT2D eigenvalue weighted by Gasteiger charge is -2.32. The van der Waals surface area contributed by atoms with Crippen molar-refractivity contribution >= 4 is 28.6 Å². The van der Waals surface area contributed by atoms with Crippen LogP contribution >= 0.6 is 22.6 Å². The van der Waals surface area contributed by atoms with Gasteiger partial charge in [-0.05, 0) is 32.1 Å². The van der Waals surface area contributed by atoms with E-state index in [4.69, 9.17) is 9.47 Å². The first kappa shape index (κ1) is 18.5. The first-order chi connectivity index (χ1) is 10.7. The van der Waals surface area contributed by atoms with Crippen molar-refractivity contribution in [3.63, 3.8) is 0 Å². The van der Waals surface area contributed by atoms with E-state index in [0.717, 1.165) is 23.8 Å². The van der Waals surface area contributed by atoms with E-state index in [2.05, 4.69) is 27.5 Å². The number of carbonyl (C=O) groups excluding carboxylic acids is 1. The van der Waals surface area contributed by atoms with Gasteiger partial charge in [-0.15, -0.1) is 0 Å². The Bertz CT molecular complexity index is 332. The lowest BCUT2D eigenvalue weighted by atomic mass is 9.94. The highest BCUT2D eigenvalue weighted by atomic mass is 127. The minimum absolute atomic E-state index is 0.0450. The van der Waals surface area contributed by atoms with E-state index < -0.39 is 0 Å². The average molecular weight is 423 g/mol. The summed E-state index contributed by atoms with van der Waals surface area (Å²) in [5, 5.41) is 0. The molecule has 0 aliphatic heterocycles. The van der Waals surface area contributed by atoms with Crippen LogP contribution in [0.25, 0.3) is 0 Å². The third-order valence-corrected chi connectivity index (χ3v) is 5.93. The van der Waals surface area contributed by atoms with Gasteiger partial charge in [-0.2, -0.15) is 0 Å². The number of carbonyl (C=O) groups is 1. The molecular weight excluding hydrogens is 393 g/mol. The highest BCUT2D eigenvalue weighted by molar-refractivity contribution is 14.1. The van der Waals surface area contributed by atoms with E-state index in [9.17, 15) is 4.79 Å². The summed E-state index contributed by atoms with van der Waals surface area (Å²) in [5.41, 5.74) is 0. The second kappa shape index (κ2) is 10.1. The SMILES string of the molecule is CO[C@H]1CCCC[C@@H]1OC(=O)CN(CI)C1CCCCCC1. The second-order valence-corrected chi connectivity index (χ2v) is 7.28. The van der Waals surface area contributed by atoms with Gasteiger partial charge >= 0.3 is 5.97 Å². The number of esters is 1. The molecule has 0 unspecified atom stereocenters. The molecule has 2 rings (SSSR count). The molecule has 2 aliphatic carbocycles. The molecule has 5 heteroatoms. The summed E-state index contributed by atoms with van der Waals surface area (Å²) in [6.45, 7) is 0.431. The number of ether oxygens (including phenoxy) is 2. The van der Waals surface area contributed by atoms with Crippen LogP contribution in [-0.4, -0.2) is 47.3 Å². The monoisotopic (exact) mass is 423 g/mol. The lowest BCUT2D eigenvalue weighted by Crippen LogP contribution is -2.42. The summed E-state index contributed by atoms with van der Waals surface area (Å²) < 4.78 is 12.1. The topological polar surface area (TPSA) is 38.8 Å². The zero-order valence-electron chi connectivity index (χ0n) is 13.8. The van der Waals surface area contributed by atoms with E-state index in [1.165, 1.54) is 44.9 Å². The van der Waals surface area contributed by atoms with Crippen molar-refractivity contribution in [3.8, 4) is 0 Å². The van der Waals surface area contributed by atoms with Crippen LogP contribution in [0.1, 0.15) is 64.2 Å². The number of hydrogen-bond acceptors (Lipinski definition) is 4. The minimum atomic E-state index is -0.0742. The summed E-state index contributed by atoms with van der Waals surface area (Å²) >= 11 is 2.37. The highest BCUT2D eigenvalue weighted by Crippen LogP contribution is 2.25. The quantitative estimate of drug-likeness (QED) is 0.214. The Morgan fingerprint density at radius 3 is 2.18 bits per heavy atom. The van der Waals surface area contributed by atoms with Crippen LogP contribution in [0.15, 0.2) is 0 Å². The second-order valence-electron chi connectivity index (χ2n) is 6.60. The van der Waals surface area contributed by atoms with Crippen LogP contribution in [0, 0.1) is 0 Å². The minimum Gasteiger partial charge on any atom is -0.459 e. The molecule has 0 radical (unpaired) electrons. The average Bonchev–Trinajstić information content (AvgIpc) is 2.82. The van der Waals surface area contributed by atoms with Crippen molar-refractivity contribution in [2.24, 2.45) is 0 Å². The third-order valence-electron chi connectivity index (χ3n) is 5.05. The van der Waals surface area contributed by atoms with Crippen LogP contribution in [0.3, 0.4) is 0 Å². The molecule has 0 saturated heterocycles. The summed E-state index contributed by atoms with van der Waals surface area (Å²) in [7, 11) is 1.72.